The van der Waals surface area contributed by atoms with Gasteiger partial charge in [-0.1, -0.05) is 54.6 Å². The first kappa shape index (κ1) is 18.9. The van der Waals surface area contributed by atoms with Crippen molar-refractivity contribution in [3.05, 3.63) is 91.0 Å². The van der Waals surface area contributed by atoms with Crippen molar-refractivity contribution in [2.45, 2.75) is 13.0 Å². The SMILES string of the molecule is Br.CC(O)C[P+](c1ccccc1)(c1ccccc1)c1ccccc1. The van der Waals surface area contributed by atoms with Gasteiger partial charge in [-0.25, -0.2) is 0 Å². The predicted octanol–water partition coefficient (Wildman–Crippen LogP) is 3.94. The van der Waals surface area contributed by atoms with Crippen molar-refractivity contribution >= 4 is 40.2 Å². The van der Waals surface area contributed by atoms with Gasteiger partial charge >= 0.3 is 0 Å². The minimum Gasteiger partial charge on any atom is -0.390 e. The van der Waals surface area contributed by atoms with Crippen molar-refractivity contribution in [3.8, 4) is 0 Å². The first-order chi connectivity index (χ1) is 11.2. The molecule has 24 heavy (non-hydrogen) atoms. The Kier molecular flexibility index (Phi) is 6.74. The predicted molar refractivity (Wildman–Crippen MR) is 112 cm³/mol. The first-order valence-corrected chi connectivity index (χ1v) is 9.94. The van der Waals surface area contributed by atoms with Crippen LogP contribution in [0.1, 0.15) is 6.92 Å². The van der Waals surface area contributed by atoms with E-state index in [1.807, 2.05) is 6.92 Å². The summed E-state index contributed by atoms with van der Waals surface area (Å²) in [6.45, 7) is 1.89. The third kappa shape index (κ3) is 3.78. The van der Waals surface area contributed by atoms with Crippen LogP contribution in [0, 0.1) is 0 Å². The summed E-state index contributed by atoms with van der Waals surface area (Å²) in [5.74, 6) is 0. The van der Waals surface area contributed by atoms with Crippen LogP contribution >= 0.6 is 24.2 Å². The Morgan fingerprint density at radius 2 is 0.958 bits per heavy atom. The van der Waals surface area contributed by atoms with Gasteiger partial charge in [0.2, 0.25) is 0 Å². The smallest absolute Gasteiger partial charge is 0.114 e. The maximum Gasteiger partial charge on any atom is 0.114 e. The lowest BCUT2D eigenvalue weighted by atomic mass is 10.3. The molecular formula is C21H23BrOP+. The molecule has 0 radical (unpaired) electrons. The molecule has 0 amide bonds. The summed E-state index contributed by atoms with van der Waals surface area (Å²) in [5.41, 5.74) is 0. The number of benzene rings is 3. The molecule has 0 bridgehead atoms. The lowest BCUT2D eigenvalue weighted by Crippen LogP contribution is -2.36. The molecule has 0 saturated heterocycles. The maximum absolute atomic E-state index is 10.3. The molecule has 0 aromatic heterocycles. The molecule has 3 aromatic carbocycles. The number of hydrogen-bond donors (Lipinski definition) is 1. The van der Waals surface area contributed by atoms with E-state index in [0.29, 0.717) is 0 Å². The molecule has 1 unspecified atom stereocenters. The van der Waals surface area contributed by atoms with E-state index in [1.54, 1.807) is 0 Å². The Balaban J connectivity index is 0.00000208. The minimum absolute atomic E-state index is 0. The van der Waals surface area contributed by atoms with Crippen LogP contribution in [-0.2, 0) is 0 Å². The highest BCUT2D eigenvalue weighted by atomic mass is 79.9. The normalized spacial score (nSPS) is 12.2. The average Bonchev–Trinajstić information content (AvgIpc) is 2.62. The van der Waals surface area contributed by atoms with Gasteiger partial charge < -0.3 is 5.11 Å². The molecule has 0 spiro atoms. The molecule has 0 fully saturated rings. The number of halogens is 1. The van der Waals surface area contributed by atoms with Gasteiger partial charge in [-0.05, 0) is 43.3 Å². The van der Waals surface area contributed by atoms with E-state index >= 15 is 0 Å². The number of aliphatic hydroxyl groups is 1. The fourth-order valence-electron chi connectivity index (χ4n) is 3.21. The van der Waals surface area contributed by atoms with Gasteiger partial charge in [0.05, 0.1) is 12.3 Å². The molecule has 3 heteroatoms. The molecule has 3 rings (SSSR count). The Labute approximate surface area is 155 Å². The van der Waals surface area contributed by atoms with Crippen LogP contribution in [0.4, 0.5) is 0 Å². The van der Waals surface area contributed by atoms with E-state index in [2.05, 4.69) is 91.0 Å². The van der Waals surface area contributed by atoms with Crippen LogP contribution < -0.4 is 15.9 Å². The Hall–Kier alpha value is -1.47. The first-order valence-electron chi connectivity index (χ1n) is 7.96. The number of hydrogen-bond acceptors (Lipinski definition) is 1. The minimum atomic E-state index is -1.86. The fraction of sp³-hybridized carbons (Fsp3) is 0.143. The van der Waals surface area contributed by atoms with Crippen LogP contribution in [0.2, 0.25) is 0 Å². The monoisotopic (exact) mass is 401 g/mol. The van der Waals surface area contributed by atoms with E-state index in [-0.39, 0.29) is 23.1 Å². The van der Waals surface area contributed by atoms with Gasteiger partial charge in [0.1, 0.15) is 23.2 Å². The highest BCUT2D eigenvalue weighted by Crippen LogP contribution is 2.55. The van der Waals surface area contributed by atoms with Crippen molar-refractivity contribution in [1.29, 1.82) is 0 Å². The summed E-state index contributed by atoms with van der Waals surface area (Å²) in [5, 5.41) is 14.3. The summed E-state index contributed by atoms with van der Waals surface area (Å²) < 4.78 is 0. The molecule has 0 aliphatic rings. The molecule has 1 nitrogen and oxygen atoms in total. The second-order valence-electron chi connectivity index (χ2n) is 5.85. The summed E-state index contributed by atoms with van der Waals surface area (Å²) in [6.07, 6.45) is 0.398. The van der Waals surface area contributed by atoms with E-state index < -0.39 is 7.26 Å². The molecule has 0 heterocycles. The third-order valence-electron chi connectivity index (χ3n) is 4.13. The van der Waals surface area contributed by atoms with Crippen LogP contribution in [0.5, 0.6) is 0 Å². The standard InChI is InChI=1S/C21H22OP.BrH/c1-18(22)17-23(19-11-5-2-6-12-19,20-13-7-3-8-14-20)21-15-9-4-10-16-21;/h2-16,18,22H,17H2,1H3;1H/q+1;. The Morgan fingerprint density at radius 3 is 1.21 bits per heavy atom. The highest BCUT2D eigenvalue weighted by molar-refractivity contribution is 8.93. The second-order valence-corrected chi connectivity index (χ2v) is 9.38. The van der Waals surface area contributed by atoms with E-state index in [0.717, 1.165) is 6.16 Å². The van der Waals surface area contributed by atoms with Crippen molar-refractivity contribution in [1.82, 2.24) is 0 Å². The van der Waals surface area contributed by atoms with E-state index in [1.165, 1.54) is 15.9 Å². The molecule has 0 saturated carbocycles. The second kappa shape index (κ2) is 8.58. The number of aliphatic hydroxyl groups excluding tert-OH is 1. The third-order valence-corrected chi connectivity index (χ3v) is 8.74. The van der Waals surface area contributed by atoms with Gasteiger partial charge in [0.25, 0.3) is 0 Å². The molecule has 3 aromatic rings. The van der Waals surface area contributed by atoms with E-state index in [9.17, 15) is 5.11 Å². The molecule has 1 atom stereocenters. The summed E-state index contributed by atoms with van der Waals surface area (Å²) in [6, 6.07) is 32.0. The van der Waals surface area contributed by atoms with Gasteiger partial charge in [0.15, 0.2) is 0 Å². The molecule has 1 N–H and O–H groups in total. The molecular weight excluding hydrogens is 379 g/mol. The Morgan fingerprint density at radius 1 is 0.667 bits per heavy atom. The topological polar surface area (TPSA) is 20.2 Å². The van der Waals surface area contributed by atoms with Crippen molar-refractivity contribution in [2.24, 2.45) is 0 Å². The van der Waals surface area contributed by atoms with Gasteiger partial charge in [-0.2, -0.15) is 0 Å². The van der Waals surface area contributed by atoms with Crippen LogP contribution in [-0.4, -0.2) is 17.4 Å². The molecule has 0 aliphatic carbocycles. The van der Waals surface area contributed by atoms with Crippen molar-refractivity contribution in [3.63, 3.8) is 0 Å². The van der Waals surface area contributed by atoms with Crippen LogP contribution in [0.25, 0.3) is 0 Å². The zero-order valence-electron chi connectivity index (χ0n) is 13.7. The van der Waals surface area contributed by atoms with Crippen molar-refractivity contribution < 1.29 is 5.11 Å². The maximum atomic E-state index is 10.3. The summed E-state index contributed by atoms with van der Waals surface area (Å²) in [7, 11) is -1.86. The van der Waals surface area contributed by atoms with Gasteiger partial charge in [-0.3, -0.25) is 0 Å². The lowest BCUT2D eigenvalue weighted by Gasteiger charge is -2.28. The summed E-state index contributed by atoms with van der Waals surface area (Å²) in [4.78, 5) is 0. The summed E-state index contributed by atoms with van der Waals surface area (Å²) >= 11 is 0. The highest BCUT2D eigenvalue weighted by Gasteiger charge is 2.45. The van der Waals surface area contributed by atoms with Crippen LogP contribution in [0.15, 0.2) is 91.0 Å². The zero-order chi connectivity index (χ0) is 16.1. The molecule has 124 valence electrons. The molecule has 0 aliphatic heterocycles. The number of rotatable bonds is 5. The fourth-order valence-corrected chi connectivity index (χ4v) is 7.57. The quantitative estimate of drug-likeness (QED) is 0.642. The lowest BCUT2D eigenvalue weighted by molar-refractivity contribution is 0.219. The van der Waals surface area contributed by atoms with E-state index in [4.69, 9.17) is 0 Å². The van der Waals surface area contributed by atoms with Gasteiger partial charge in [-0.15, -0.1) is 17.0 Å². The van der Waals surface area contributed by atoms with Crippen LogP contribution in [0.3, 0.4) is 0 Å². The van der Waals surface area contributed by atoms with Gasteiger partial charge in [0, 0.05) is 0 Å². The average molecular weight is 402 g/mol. The van der Waals surface area contributed by atoms with Crippen molar-refractivity contribution in [2.75, 3.05) is 6.16 Å². The zero-order valence-corrected chi connectivity index (χ0v) is 16.4. The largest absolute Gasteiger partial charge is 0.390 e. The Bertz CT molecular complexity index is 633.